The normalized spacial score (nSPS) is 13.0. The second-order valence-electron chi connectivity index (χ2n) is 4.61. The summed E-state index contributed by atoms with van der Waals surface area (Å²) in [4.78, 5) is 0. The number of nitrogens with one attached hydrogen (secondary N) is 1. The van der Waals surface area contributed by atoms with Crippen LogP contribution < -0.4 is 5.32 Å². The molecule has 0 fully saturated rings. The van der Waals surface area contributed by atoms with Crippen molar-refractivity contribution < 1.29 is 18.3 Å². The Labute approximate surface area is 125 Å². The van der Waals surface area contributed by atoms with Crippen LogP contribution in [0.3, 0.4) is 0 Å². The van der Waals surface area contributed by atoms with Gasteiger partial charge in [-0.25, -0.2) is 0 Å². The second kappa shape index (κ2) is 5.85. The number of benzene rings is 2. The van der Waals surface area contributed by atoms with E-state index in [1.807, 2.05) is 0 Å². The fourth-order valence-corrected chi connectivity index (χ4v) is 2.21. The van der Waals surface area contributed by atoms with Crippen molar-refractivity contribution in [3.8, 4) is 5.75 Å². The Morgan fingerprint density at radius 3 is 2.43 bits per heavy atom. The minimum atomic E-state index is -4.51. The van der Waals surface area contributed by atoms with Crippen LogP contribution in [0.25, 0.3) is 0 Å². The van der Waals surface area contributed by atoms with E-state index in [0.717, 1.165) is 6.07 Å². The Morgan fingerprint density at radius 1 is 1.14 bits per heavy atom. The fraction of sp³-hybridized carbons (Fsp3) is 0.200. The Balaban J connectivity index is 2.34. The van der Waals surface area contributed by atoms with E-state index in [2.05, 4.69) is 5.32 Å². The second-order valence-corrected chi connectivity index (χ2v) is 5.05. The third-order valence-corrected chi connectivity index (χ3v) is 3.30. The quantitative estimate of drug-likeness (QED) is 0.812. The van der Waals surface area contributed by atoms with Crippen LogP contribution in [0.4, 0.5) is 18.9 Å². The first kappa shape index (κ1) is 15.5. The van der Waals surface area contributed by atoms with Gasteiger partial charge >= 0.3 is 6.18 Å². The van der Waals surface area contributed by atoms with Gasteiger partial charge in [-0.2, -0.15) is 13.2 Å². The zero-order valence-corrected chi connectivity index (χ0v) is 11.8. The average molecular weight is 316 g/mol. The summed E-state index contributed by atoms with van der Waals surface area (Å²) in [5.41, 5.74) is -0.402. The molecule has 2 aromatic rings. The van der Waals surface area contributed by atoms with Crippen LogP contribution >= 0.6 is 11.6 Å². The smallest absolute Gasteiger partial charge is 0.418 e. The molecule has 0 radical (unpaired) electrons. The van der Waals surface area contributed by atoms with Crippen LogP contribution in [0.15, 0.2) is 42.5 Å². The lowest BCUT2D eigenvalue weighted by atomic mass is 10.1. The highest BCUT2D eigenvalue weighted by Gasteiger charge is 2.34. The molecule has 0 bridgehead atoms. The van der Waals surface area contributed by atoms with E-state index in [4.69, 9.17) is 11.6 Å². The summed E-state index contributed by atoms with van der Waals surface area (Å²) in [6, 6.07) is 9.54. The van der Waals surface area contributed by atoms with Crippen molar-refractivity contribution in [1.82, 2.24) is 0 Å². The van der Waals surface area contributed by atoms with Gasteiger partial charge in [0.15, 0.2) is 0 Å². The maximum Gasteiger partial charge on any atom is 0.418 e. The molecule has 6 heteroatoms. The number of aromatic hydroxyl groups is 1. The molecule has 0 aliphatic rings. The molecular weight excluding hydrogens is 303 g/mol. The van der Waals surface area contributed by atoms with E-state index in [1.165, 1.54) is 18.2 Å². The summed E-state index contributed by atoms with van der Waals surface area (Å²) < 4.78 is 39.0. The molecule has 2 aromatic carbocycles. The van der Waals surface area contributed by atoms with Gasteiger partial charge in [0.1, 0.15) is 5.75 Å². The molecule has 0 saturated heterocycles. The van der Waals surface area contributed by atoms with E-state index in [-0.39, 0.29) is 16.5 Å². The highest BCUT2D eigenvalue weighted by atomic mass is 35.5. The lowest BCUT2D eigenvalue weighted by Crippen LogP contribution is -2.13. The molecule has 0 spiro atoms. The maximum absolute atomic E-state index is 13.0. The minimum absolute atomic E-state index is 0.0167. The predicted octanol–water partition coefficient (Wildman–Crippen LogP) is 5.24. The van der Waals surface area contributed by atoms with Crippen molar-refractivity contribution in [2.45, 2.75) is 19.1 Å². The minimum Gasteiger partial charge on any atom is -0.508 e. The van der Waals surface area contributed by atoms with Crippen molar-refractivity contribution in [3.05, 3.63) is 58.6 Å². The zero-order chi connectivity index (χ0) is 15.6. The number of phenolic OH excluding ortho intramolecular Hbond substituents is 1. The van der Waals surface area contributed by atoms with Gasteiger partial charge in [-0.1, -0.05) is 29.8 Å². The summed E-state index contributed by atoms with van der Waals surface area (Å²) in [5.74, 6) is 0.0278. The Bertz CT molecular complexity index is 643. The standard InChI is InChI=1S/C15H13ClF3NO/c1-9(11-4-2-3-5-14(11)21)20-13-7-6-10(16)8-12(13)15(17,18)19/h2-9,20-21H,1H3. The molecular formula is C15H13ClF3NO. The van der Waals surface area contributed by atoms with E-state index >= 15 is 0 Å². The Kier molecular flexibility index (Phi) is 4.32. The average Bonchev–Trinajstić information content (AvgIpc) is 2.40. The van der Waals surface area contributed by atoms with Crippen molar-refractivity contribution >= 4 is 17.3 Å². The zero-order valence-electron chi connectivity index (χ0n) is 11.1. The number of hydrogen-bond acceptors (Lipinski definition) is 2. The van der Waals surface area contributed by atoms with Gasteiger partial charge in [0.2, 0.25) is 0 Å². The highest BCUT2D eigenvalue weighted by Crippen LogP contribution is 2.38. The third kappa shape index (κ3) is 3.61. The molecule has 0 saturated carbocycles. The van der Waals surface area contributed by atoms with Crippen LogP contribution in [-0.2, 0) is 6.18 Å². The number of alkyl halides is 3. The van der Waals surface area contributed by atoms with E-state index < -0.39 is 17.8 Å². The molecule has 0 aliphatic heterocycles. The number of phenols is 1. The molecule has 1 unspecified atom stereocenters. The highest BCUT2D eigenvalue weighted by molar-refractivity contribution is 6.30. The lowest BCUT2D eigenvalue weighted by Gasteiger charge is -2.20. The van der Waals surface area contributed by atoms with Gasteiger partial charge in [0, 0.05) is 16.3 Å². The predicted molar refractivity (Wildman–Crippen MR) is 76.6 cm³/mol. The molecule has 2 rings (SSSR count). The van der Waals surface area contributed by atoms with Gasteiger partial charge < -0.3 is 10.4 Å². The van der Waals surface area contributed by atoms with Crippen LogP contribution in [-0.4, -0.2) is 5.11 Å². The summed E-state index contributed by atoms with van der Waals surface area (Å²) in [6.45, 7) is 1.67. The first-order valence-electron chi connectivity index (χ1n) is 6.20. The van der Waals surface area contributed by atoms with Gasteiger partial charge in [0.25, 0.3) is 0 Å². The van der Waals surface area contributed by atoms with Crippen molar-refractivity contribution in [1.29, 1.82) is 0 Å². The van der Waals surface area contributed by atoms with E-state index in [1.54, 1.807) is 25.1 Å². The van der Waals surface area contributed by atoms with Crippen molar-refractivity contribution in [3.63, 3.8) is 0 Å². The van der Waals surface area contributed by atoms with Crippen molar-refractivity contribution in [2.75, 3.05) is 5.32 Å². The monoisotopic (exact) mass is 315 g/mol. The fourth-order valence-electron chi connectivity index (χ4n) is 2.04. The molecule has 21 heavy (non-hydrogen) atoms. The van der Waals surface area contributed by atoms with Crippen LogP contribution in [0.1, 0.15) is 24.1 Å². The van der Waals surface area contributed by atoms with E-state index in [0.29, 0.717) is 5.56 Å². The summed E-state index contributed by atoms with van der Waals surface area (Å²) in [5, 5.41) is 12.5. The van der Waals surface area contributed by atoms with Gasteiger partial charge in [-0.05, 0) is 31.2 Å². The summed E-state index contributed by atoms with van der Waals surface area (Å²) >= 11 is 5.63. The number of hydrogen-bond donors (Lipinski definition) is 2. The number of anilines is 1. The van der Waals surface area contributed by atoms with Gasteiger partial charge in [-0.3, -0.25) is 0 Å². The molecule has 112 valence electrons. The molecule has 0 aromatic heterocycles. The molecule has 0 aliphatic carbocycles. The van der Waals surface area contributed by atoms with Crippen LogP contribution in [0.2, 0.25) is 5.02 Å². The third-order valence-electron chi connectivity index (χ3n) is 3.06. The first-order valence-corrected chi connectivity index (χ1v) is 6.58. The molecule has 2 N–H and O–H groups in total. The van der Waals surface area contributed by atoms with Crippen LogP contribution in [0.5, 0.6) is 5.75 Å². The maximum atomic E-state index is 13.0. The van der Waals surface area contributed by atoms with Gasteiger partial charge in [-0.15, -0.1) is 0 Å². The SMILES string of the molecule is CC(Nc1ccc(Cl)cc1C(F)(F)F)c1ccccc1O. The van der Waals surface area contributed by atoms with Crippen LogP contribution in [0, 0.1) is 0 Å². The molecule has 2 nitrogen and oxygen atoms in total. The van der Waals surface area contributed by atoms with E-state index in [9.17, 15) is 18.3 Å². The molecule has 1 atom stereocenters. The Morgan fingerprint density at radius 2 is 1.81 bits per heavy atom. The molecule has 0 heterocycles. The largest absolute Gasteiger partial charge is 0.508 e. The number of para-hydroxylation sites is 1. The number of halogens is 4. The molecule has 0 amide bonds. The van der Waals surface area contributed by atoms with Gasteiger partial charge in [0.05, 0.1) is 11.6 Å². The Hall–Kier alpha value is -1.88. The van der Waals surface area contributed by atoms with Crippen molar-refractivity contribution in [2.24, 2.45) is 0 Å². The summed E-state index contributed by atoms with van der Waals surface area (Å²) in [6.07, 6.45) is -4.51. The lowest BCUT2D eigenvalue weighted by molar-refractivity contribution is -0.137. The summed E-state index contributed by atoms with van der Waals surface area (Å²) in [7, 11) is 0. The topological polar surface area (TPSA) is 32.3 Å². The first-order chi connectivity index (χ1) is 9.79. The number of rotatable bonds is 3.